The molecule has 0 saturated heterocycles. The number of alkyl halides is 3. The first-order chi connectivity index (χ1) is 12.6. The number of nitrogens with zero attached hydrogens (tertiary/aromatic N) is 2. The van der Waals surface area contributed by atoms with E-state index in [1.807, 2.05) is 0 Å². The van der Waals surface area contributed by atoms with Crippen molar-refractivity contribution < 1.29 is 42.4 Å². The van der Waals surface area contributed by atoms with Crippen LogP contribution in [-0.2, 0) is 11.5 Å². The lowest BCUT2D eigenvalue weighted by molar-refractivity contribution is -0.355. The molecule has 1 aromatic carbocycles. The summed E-state index contributed by atoms with van der Waals surface area (Å²) in [5.74, 6) is -4.33. The van der Waals surface area contributed by atoms with Gasteiger partial charge in [-0.25, -0.2) is 9.48 Å². The Bertz CT molecular complexity index is 776. The van der Waals surface area contributed by atoms with Gasteiger partial charge in [0.05, 0.1) is 18.4 Å². The molecule has 0 atom stereocenters. The molecule has 1 aromatic heterocycles. The minimum Gasteiger partial charge on any atom is -0.487 e. The number of aliphatic hydroxyl groups is 2. The van der Waals surface area contributed by atoms with Gasteiger partial charge in [0.15, 0.2) is 13.3 Å². The molecule has 148 valence electrons. The van der Waals surface area contributed by atoms with Crippen molar-refractivity contribution in [1.82, 2.24) is 9.78 Å². The number of ether oxygens (including phenoxy) is 3. The Morgan fingerprint density at radius 2 is 1.89 bits per heavy atom. The second-order valence-electron chi connectivity index (χ2n) is 5.34. The molecule has 0 saturated carbocycles. The molecule has 1 heterocycles. The number of esters is 1. The molecule has 0 amide bonds. The van der Waals surface area contributed by atoms with E-state index in [-0.39, 0.29) is 30.4 Å². The molecule has 2 aromatic rings. The Labute approximate surface area is 151 Å². The van der Waals surface area contributed by atoms with E-state index in [1.165, 1.54) is 41.3 Å². The van der Waals surface area contributed by atoms with Crippen molar-refractivity contribution in [1.29, 1.82) is 0 Å². The fraction of sp³-hybridized carbons (Fsp3) is 0.375. The SMILES string of the molecule is CCOC(=O)c1cnn(COc2cccc(OCC(O)(O)C(F)(F)F)c2)c1. The summed E-state index contributed by atoms with van der Waals surface area (Å²) in [6.07, 6.45) is -2.54. The predicted molar refractivity (Wildman–Crippen MR) is 84.0 cm³/mol. The van der Waals surface area contributed by atoms with E-state index < -0.39 is 24.5 Å². The standard InChI is InChI=1S/C16H17F3N2O6/c1-2-25-14(22)11-7-20-21(8-11)10-27-13-5-3-4-12(6-13)26-9-15(23,24)16(17,18)19/h3-8,23-24H,2,9-10H2,1H3. The second-order valence-corrected chi connectivity index (χ2v) is 5.34. The summed E-state index contributed by atoms with van der Waals surface area (Å²) in [6, 6.07) is 5.55. The zero-order valence-corrected chi connectivity index (χ0v) is 14.1. The predicted octanol–water partition coefficient (Wildman–Crippen LogP) is 1.72. The molecule has 2 rings (SSSR count). The first-order valence-electron chi connectivity index (χ1n) is 7.69. The highest BCUT2D eigenvalue weighted by Gasteiger charge is 2.53. The van der Waals surface area contributed by atoms with Gasteiger partial charge < -0.3 is 24.4 Å². The molecule has 2 N–H and O–H groups in total. The first kappa shape index (κ1) is 20.5. The maximum absolute atomic E-state index is 12.4. The van der Waals surface area contributed by atoms with Gasteiger partial charge in [-0.1, -0.05) is 6.07 Å². The molecule has 0 bridgehead atoms. The monoisotopic (exact) mass is 390 g/mol. The minimum absolute atomic E-state index is 0.0584. The number of carbonyl (C=O) groups excluding carboxylic acids is 1. The maximum atomic E-state index is 12.4. The van der Waals surface area contributed by atoms with Crippen molar-refractivity contribution in [3.8, 4) is 11.5 Å². The minimum atomic E-state index is -5.25. The Hall–Kier alpha value is -2.79. The van der Waals surface area contributed by atoms with Crippen molar-refractivity contribution in [2.24, 2.45) is 0 Å². The van der Waals surface area contributed by atoms with Crippen LogP contribution in [0, 0.1) is 0 Å². The smallest absolute Gasteiger partial charge is 0.446 e. The summed E-state index contributed by atoms with van der Waals surface area (Å²) in [7, 11) is 0. The Morgan fingerprint density at radius 1 is 1.22 bits per heavy atom. The van der Waals surface area contributed by atoms with Gasteiger partial charge in [0.2, 0.25) is 0 Å². The topological polar surface area (TPSA) is 103 Å². The Morgan fingerprint density at radius 3 is 2.52 bits per heavy atom. The summed E-state index contributed by atoms with van der Waals surface area (Å²) in [4.78, 5) is 11.5. The van der Waals surface area contributed by atoms with E-state index in [0.29, 0.717) is 0 Å². The average molecular weight is 390 g/mol. The van der Waals surface area contributed by atoms with Crippen LogP contribution in [0.1, 0.15) is 17.3 Å². The van der Waals surface area contributed by atoms with Crippen molar-refractivity contribution in [3.63, 3.8) is 0 Å². The number of benzene rings is 1. The van der Waals surface area contributed by atoms with Crippen molar-refractivity contribution >= 4 is 5.97 Å². The fourth-order valence-corrected chi connectivity index (χ4v) is 1.81. The molecule has 0 spiro atoms. The highest BCUT2D eigenvalue weighted by Crippen LogP contribution is 2.29. The molecule has 0 aliphatic carbocycles. The number of carbonyl (C=O) groups is 1. The van der Waals surface area contributed by atoms with E-state index in [9.17, 15) is 18.0 Å². The number of halogens is 3. The molecule has 0 radical (unpaired) electrons. The van der Waals surface area contributed by atoms with Gasteiger partial charge in [0, 0.05) is 12.3 Å². The van der Waals surface area contributed by atoms with Crippen LogP contribution in [-0.4, -0.2) is 51.1 Å². The van der Waals surface area contributed by atoms with Gasteiger partial charge in [-0.15, -0.1) is 0 Å². The fourth-order valence-electron chi connectivity index (χ4n) is 1.81. The maximum Gasteiger partial charge on any atom is 0.446 e. The van der Waals surface area contributed by atoms with Crippen molar-refractivity contribution in [2.75, 3.05) is 13.2 Å². The van der Waals surface area contributed by atoms with Crippen molar-refractivity contribution in [3.05, 3.63) is 42.2 Å². The van der Waals surface area contributed by atoms with Crippen LogP contribution in [0.4, 0.5) is 13.2 Å². The molecule has 0 unspecified atom stereocenters. The molecular formula is C16H17F3N2O6. The first-order valence-corrected chi connectivity index (χ1v) is 7.69. The molecule has 27 heavy (non-hydrogen) atoms. The second kappa shape index (κ2) is 8.27. The molecule has 0 fully saturated rings. The summed E-state index contributed by atoms with van der Waals surface area (Å²) >= 11 is 0. The van der Waals surface area contributed by atoms with Crippen LogP contribution in [0.25, 0.3) is 0 Å². The van der Waals surface area contributed by atoms with Crippen LogP contribution >= 0.6 is 0 Å². The Balaban J connectivity index is 1.93. The van der Waals surface area contributed by atoms with Gasteiger partial charge in [-0.05, 0) is 19.1 Å². The van der Waals surface area contributed by atoms with Crippen LogP contribution < -0.4 is 9.47 Å². The normalized spacial score (nSPS) is 11.9. The zero-order chi connectivity index (χ0) is 20.1. The highest BCUT2D eigenvalue weighted by molar-refractivity contribution is 5.88. The summed E-state index contributed by atoms with van der Waals surface area (Å²) in [5, 5.41) is 21.8. The van der Waals surface area contributed by atoms with E-state index in [0.717, 1.165) is 0 Å². The van der Waals surface area contributed by atoms with E-state index in [1.54, 1.807) is 6.92 Å². The lowest BCUT2D eigenvalue weighted by Gasteiger charge is -2.24. The quantitative estimate of drug-likeness (QED) is 0.523. The zero-order valence-electron chi connectivity index (χ0n) is 14.1. The van der Waals surface area contributed by atoms with E-state index in [2.05, 4.69) is 5.10 Å². The third-order valence-electron chi connectivity index (χ3n) is 3.21. The summed E-state index contributed by atoms with van der Waals surface area (Å²) in [5.41, 5.74) is 0.243. The number of rotatable bonds is 8. The van der Waals surface area contributed by atoms with Crippen molar-refractivity contribution in [2.45, 2.75) is 25.6 Å². The van der Waals surface area contributed by atoms with E-state index in [4.69, 9.17) is 24.4 Å². The lowest BCUT2D eigenvalue weighted by atomic mass is 10.3. The van der Waals surface area contributed by atoms with Gasteiger partial charge >= 0.3 is 12.1 Å². The van der Waals surface area contributed by atoms with Crippen LogP contribution in [0.5, 0.6) is 11.5 Å². The third kappa shape index (κ3) is 5.59. The molecule has 8 nitrogen and oxygen atoms in total. The Kier molecular flexibility index (Phi) is 6.28. The average Bonchev–Trinajstić information content (AvgIpc) is 3.07. The molecular weight excluding hydrogens is 373 g/mol. The molecule has 11 heteroatoms. The summed E-state index contributed by atoms with van der Waals surface area (Å²) in [6.45, 7) is 0.412. The number of hydrogen-bond acceptors (Lipinski definition) is 7. The van der Waals surface area contributed by atoms with Crippen LogP contribution in [0.15, 0.2) is 36.7 Å². The molecule has 0 aliphatic heterocycles. The van der Waals surface area contributed by atoms with Crippen LogP contribution in [0.3, 0.4) is 0 Å². The van der Waals surface area contributed by atoms with Gasteiger partial charge in [-0.3, -0.25) is 0 Å². The molecule has 0 aliphatic rings. The van der Waals surface area contributed by atoms with E-state index >= 15 is 0 Å². The lowest BCUT2D eigenvalue weighted by Crippen LogP contribution is -2.49. The number of hydrogen-bond donors (Lipinski definition) is 2. The van der Waals surface area contributed by atoms with Gasteiger partial charge in [0.1, 0.15) is 11.5 Å². The van der Waals surface area contributed by atoms with Crippen LogP contribution in [0.2, 0.25) is 0 Å². The highest BCUT2D eigenvalue weighted by atomic mass is 19.4. The largest absolute Gasteiger partial charge is 0.487 e. The summed E-state index contributed by atoms with van der Waals surface area (Å²) < 4.78 is 53.5. The van der Waals surface area contributed by atoms with Gasteiger partial charge in [-0.2, -0.15) is 18.3 Å². The number of aromatic nitrogens is 2. The van der Waals surface area contributed by atoms with Gasteiger partial charge in [0.25, 0.3) is 5.79 Å². The third-order valence-corrected chi connectivity index (χ3v) is 3.21.